The summed E-state index contributed by atoms with van der Waals surface area (Å²) < 4.78 is 1.02. The van der Waals surface area contributed by atoms with Gasteiger partial charge in [-0.25, -0.2) is 9.36 Å². The first-order chi connectivity index (χ1) is 8.68. The Bertz CT molecular complexity index is 831. The first-order valence-corrected chi connectivity index (χ1v) is 6.07. The highest BCUT2D eigenvalue weighted by atomic mass is 32.1. The second kappa shape index (κ2) is 3.85. The Kier molecular flexibility index (Phi) is 2.31. The minimum atomic E-state index is -0.519. The second-order valence-electron chi connectivity index (χ2n) is 3.72. The van der Waals surface area contributed by atoms with Gasteiger partial charge in [0.15, 0.2) is 0 Å². The van der Waals surface area contributed by atoms with Crippen LogP contribution in [0.25, 0.3) is 15.9 Å². The lowest BCUT2D eigenvalue weighted by molar-refractivity contribution is 0.481. The van der Waals surface area contributed by atoms with Crippen LogP contribution in [0.4, 0.5) is 0 Å². The Morgan fingerprint density at radius 3 is 2.72 bits per heavy atom. The van der Waals surface area contributed by atoms with E-state index in [2.05, 4.69) is 4.98 Å². The van der Waals surface area contributed by atoms with Crippen LogP contribution in [0, 0.1) is 0 Å². The maximum Gasteiger partial charge on any atom is 0.334 e. The summed E-state index contributed by atoms with van der Waals surface area (Å²) >= 11 is 1.28. The summed E-state index contributed by atoms with van der Waals surface area (Å²) in [4.78, 5) is 26.7. The number of nitrogens with one attached hydrogen (secondary N) is 1. The molecule has 1 aromatic carbocycles. The van der Waals surface area contributed by atoms with Crippen molar-refractivity contribution in [2.45, 2.75) is 0 Å². The Morgan fingerprint density at radius 1 is 1.17 bits per heavy atom. The van der Waals surface area contributed by atoms with E-state index < -0.39 is 11.2 Å². The molecule has 18 heavy (non-hydrogen) atoms. The lowest BCUT2D eigenvalue weighted by atomic mass is 10.2. The Labute approximate surface area is 105 Å². The SMILES string of the molecule is O=c1[nH]c2cccc(O)c2c(=O)n1-c1cccs1. The summed E-state index contributed by atoms with van der Waals surface area (Å²) in [5, 5.41) is 12.1. The van der Waals surface area contributed by atoms with Gasteiger partial charge in [-0.3, -0.25) is 4.79 Å². The molecule has 0 amide bonds. The number of hydrogen-bond donors (Lipinski definition) is 2. The van der Waals surface area contributed by atoms with Gasteiger partial charge in [-0.15, -0.1) is 11.3 Å². The molecular formula is C12H8N2O3S. The van der Waals surface area contributed by atoms with Crippen molar-refractivity contribution in [2.24, 2.45) is 0 Å². The zero-order valence-electron chi connectivity index (χ0n) is 9.08. The molecule has 0 atom stereocenters. The molecule has 5 nitrogen and oxygen atoms in total. The zero-order valence-corrected chi connectivity index (χ0v) is 9.90. The summed E-state index contributed by atoms with van der Waals surface area (Å²) in [6, 6.07) is 7.99. The summed E-state index contributed by atoms with van der Waals surface area (Å²) in [7, 11) is 0. The predicted octanol–water partition coefficient (Wildman–Crippen LogP) is 1.45. The van der Waals surface area contributed by atoms with Crippen LogP contribution in [0.3, 0.4) is 0 Å². The fraction of sp³-hybridized carbons (Fsp3) is 0. The summed E-state index contributed by atoms with van der Waals surface area (Å²) in [5.74, 6) is -0.140. The van der Waals surface area contributed by atoms with Crippen molar-refractivity contribution in [3.05, 3.63) is 56.5 Å². The van der Waals surface area contributed by atoms with Crippen LogP contribution in [-0.2, 0) is 0 Å². The van der Waals surface area contributed by atoms with Gasteiger partial charge in [0.25, 0.3) is 5.56 Å². The molecule has 0 aliphatic heterocycles. The first kappa shape index (κ1) is 10.8. The smallest absolute Gasteiger partial charge is 0.334 e. The summed E-state index contributed by atoms with van der Waals surface area (Å²) in [5.41, 5.74) is -0.701. The topological polar surface area (TPSA) is 75.1 Å². The van der Waals surface area contributed by atoms with Gasteiger partial charge in [-0.05, 0) is 29.6 Å². The Balaban J connectivity index is 2.52. The number of phenolic OH excluding ortho intramolecular Hbond substituents is 1. The largest absolute Gasteiger partial charge is 0.507 e. The van der Waals surface area contributed by atoms with E-state index >= 15 is 0 Å². The van der Waals surface area contributed by atoms with Crippen LogP contribution in [-0.4, -0.2) is 14.7 Å². The molecule has 0 saturated heterocycles. The number of fused-ring (bicyclic) bond motifs is 1. The minimum Gasteiger partial charge on any atom is -0.507 e. The number of H-pyrrole nitrogens is 1. The molecule has 2 aromatic heterocycles. The number of aromatic hydroxyl groups is 1. The van der Waals surface area contributed by atoms with Crippen molar-refractivity contribution in [3.8, 4) is 10.8 Å². The number of nitrogens with zero attached hydrogens (tertiary/aromatic N) is 1. The molecule has 2 heterocycles. The fourth-order valence-corrected chi connectivity index (χ4v) is 2.57. The van der Waals surface area contributed by atoms with E-state index in [1.54, 1.807) is 29.6 Å². The summed E-state index contributed by atoms with van der Waals surface area (Å²) in [6.45, 7) is 0. The van der Waals surface area contributed by atoms with Crippen molar-refractivity contribution >= 4 is 22.2 Å². The maximum atomic E-state index is 12.3. The molecule has 2 N–H and O–H groups in total. The van der Waals surface area contributed by atoms with E-state index in [9.17, 15) is 14.7 Å². The van der Waals surface area contributed by atoms with Crippen molar-refractivity contribution in [3.63, 3.8) is 0 Å². The van der Waals surface area contributed by atoms with Gasteiger partial charge in [0, 0.05) is 0 Å². The molecule has 90 valence electrons. The Hall–Kier alpha value is -2.34. The van der Waals surface area contributed by atoms with Crippen molar-refractivity contribution in [1.82, 2.24) is 9.55 Å². The molecule has 0 aliphatic carbocycles. The minimum absolute atomic E-state index is 0.116. The van der Waals surface area contributed by atoms with E-state index in [1.807, 2.05) is 0 Å². The van der Waals surface area contributed by atoms with Crippen LogP contribution in [0.1, 0.15) is 0 Å². The van der Waals surface area contributed by atoms with E-state index in [0.717, 1.165) is 4.57 Å². The third-order valence-electron chi connectivity index (χ3n) is 2.63. The van der Waals surface area contributed by atoms with Crippen LogP contribution in [0.15, 0.2) is 45.3 Å². The number of rotatable bonds is 1. The lowest BCUT2D eigenvalue weighted by Crippen LogP contribution is -2.32. The van der Waals surface area contributed by atoms with Gasteiger partial charge in [0.05, 0.1) is 5.52 Å². The molecule has 0 unspecified atom stereocenters. The molecular weight excluding hydrogens is 252 g/mol. The fourth-order valence-electron chi connectivity index (χ4n) is 1.84. The third kappa shape index (κ3) is 1.46. The molecule has 3 rings (SSSR count). The number of hydrogen-bond acceptors (Lipinski definition) is 4. The van der Waals surface area contributed by atoms with Crippen molar-refractivity contribution < 1.29 is 5.11 Å². The number of thiophene rings is 1. The number of aromatic nitrogens is 2. The molecule has 0 aliphatic rings. The molecule has 0 saturated carbocycles. The monoisotopic (exact) mass is 260 g/mol. The third-order valence-corrected chi connectivity index (χ3v) is 3.48. The molecule has 0 fully saturated rings. The van der Waals surface area contributed by atoms with Gasteiger partial charge in [0.2, 0.25) is 0 Å². The van der Waals surface area contributed by atoms with Crippen molar-refractivity contribution in [1.29, 1.82) is 0 Å². The highest BCUT2D eigenvalue weighted by Crippen LogP contribution is 2.19. The van der Waals surface area contributed by atoms with E-state index in [-0.39, 0.29) is 11.1 Å². The Morgan fingerprint density at radius 2 is 2.00 bits per heavy atom. The van der Waals surface area contributed by atoms with Crippen LogP contribution >= 0.6 is 11.3 Å². The highest BCUT2D eigenvalue weighted by molar-refractivity contribution is 7.12. The standard InChI is InChI=1S/C12H8N2O3S/c15-8-4-1-3-7-10(8)11(16)14(12(17)13-7)9-5-2-6-18-9/h1-6,15H,(H,13,17). The maximum absolute atomic E-state index is 12.3. The molecule has 6 heteroatoms. The predicted molar refractivity (Wildman–Crippen MR) is 69.7 cm³/mol. The molecule has 0 bridgehead atoms. The zero-order chi connectivity index (χ0) is 12.7. The summed E-state index contributed by atoms with van der Waals surface area (Å²) in [6.07, 6.45) is 0. The highest BCUT2D eigenvalue weighted by Gasteiger charge is 2.12. The van der Waals surface area contributed by atoms with Gasteiger partial charge >= 0.3 is 5.69 Å². The van der Waals surface area contributed by atoms with Gasteiger partial charge in [-0.2, -0.15) is 0 Å². The normalized spacial score (nSPS) is 10.9. The first-order valence-electron chi connectivity index (χ1n) is 5.19. The number of benzene rings is 1. The average molecular weight is 260 g/mol. The lowest BCUT2D eigenvalue weighted by Gasteiger charge is -2.04. The molecule has 0 spiro atoms. The van der Waals surface area contributed by atoms with Crippen LogP contribution in [0.5, 0.6) is 5.75 Å². The van der Waals surface area contributed by atoms with Gasteiger partial charge < -0.3 is 10.1 Å². The van der Waals surface area contributed by atoms with Gasteiger partial charge in [0.1, 0.15) is 16.1 Å². The molecule has 3 aromatic rings. The second-order valence-corrected chi connectivity index (χ2v) is 4.65. The van der Waals surface area contributed by atoms with Crippen LogP contribution in [0.2, 0.25) is 0 Å². The van der Waals surface area contributed by atoms with Gasteiger partial charge in [-0.1, -0.05) is 6.07 Å². The average Bonchev–Trinajstić information content (AvgIpc) is 2.82. The quantitative estimate of drug-likeness (QED) is 0.695. The van der Waals surface area contributed by atoms with E-state index in [0.29, 0.717) is 10.5 Å². The number of phenols is 1. The van der Waals surface area contributed by atoms with E-state index in [1.165, 1.54) is 17.4 Å². The van der Waals surface area contributed by atoms with Crippen molar-refractivity contribution in [2.75, 3.05) is 0 Å². The molecule has 0 radical (unpaired) electrons. The number of aromatic amines is 1. The van der Waals surface area contributed by atoms with E-state index in [4.69, 9.17) is 0 Å². The van der Waals surface area contributed by atoms with Crippen LogP contribution < -0.4 is 11.2 Å².